The van der Waals surface area contributed by atoms with Gasteiger partial charge in [-0.3, -0.25) is 4.79 Å². The van der Waals surface area contributed by atoms with Gasteiger partial charge in [0.15, 0.2) is 0 Å². The number of fused-ring (bicyclic) bond motifs is 1. The van der Waals surface area contributed by atoms with E-state index in [1.807, 2.05) is 24.3 Å². The van der Waals surface area contributed by atoms with Gasteiger partial charge < -0.3 is 14.6 Å². The molecule has 1 aliphatic carbocycles. The lowest BCUT2D eigenvalue weighted by Gasteiger charge is -2.17. The largest absolute Gasteiger partial charge is 0.508 e. The Morgan fingerprint density at radius 2 is 1.22 bits per heavy atom. The van der Waals surface area contributed by atoms with Gasteiger partial charge in [0.1, 0.15) is 11.5 Å². The molecular formula is C37H50O4. The summed E-state index contributed by atoms with van der Waals surface area (Å²) in [5.41, 5.74) is 4.04. The molecule has 0 aromatic heterocycles. The van der Waals surface area contributed by atoms with Gasteiger partial charge in [-0.15, -0.1) is 0 Å². The van der Waals surface area contributed by atoms with Crippen molar-refractivity contribution in [3.8, 4) is 11.5 Å². The SMILES string of the molecule is CCC(C)c1ccc(O)cc1.CCC(C)c1ccc(OC(=O)C2CCC3OC3C2)cc1.CCC(C)c1ccccc1. The Morgan fingerprint density at radius 1 is 0.732 bits per heavy atom. The second-order valence-corrected chi connectivity index (χ2v) is 11.6. The van der Waals surface area contributed by atoms with E-state index in [1.54, 1.807) is 12.1 Å². The van der Waals surface area contributed by atoms with E-state index in [2.05, 4.69) is 84.0 Å². The van der Waals surface area contributed by atoms with Crippen molar-refractivity contribution in [1.29, 1.82) is 0 Å². The highest BCUT2D eigenvalue weighted by molar-refractivity contribution is 5.75. The lowest BCUT2D eigenvalue weighted by molar-refractivity contribution is -0.139. The molecule has 1 heterocycles. The molecule has 0 spiro atoms. The van der Waals surface area contributed by atoms with Gasteiger partial charge >= 0.3 is 5.97 Å². The Kier molecular flexibility index (Phi) is 12.9. The normalized spacial score (nSPS) is 21.0. The zero-order valence-corrected chi connectivity index (χ0v) is 25.9. The number of phenolic OH excluding ortho intramolecular Hbond substituents is 1. The number of carbonyl (C=O) groups excluding carboxylic acids is 1. The number of hydrogen-bond acceptors (Lipinski definition) is 4. The number of aromatic hydroxyl groups is 1. The molecule has 1 N–H and O–H groups in total. The average Bonchev–Trinajstić information content (AvgIpc) is 3.81. The summed E-state index contributed by atoms with van der Waals surface area (Å²) < 4.78 is 10.9. The topological polar surface area (TPSA) is 59.1 Å². The molecule has 2 aliphatic rings. The summed E-state index contributed by atoms with van der Waals surface area (Å²) in [5, 5.41) is 9.01. The monoisotopic (exact) mass is 558 g/mol. The van der Waals surface area contributed by atoms with Crippen LogP contribution in [0.3, 0.4) is 0 Å². The fraction of sp³-hybridized carbons (Fsp3) is 0.486. The van der Waals surface area contributed by atoms with Crippen LogP contribution in [-0.4, -0.2) is 23.3 Å². The maximum Gasteiger partial charge on any atom is 0.314 e. The molecule has 1 saturated carbocycles. The van der Waals surface area contributed by atoms with Gasteiger partial charge in [-0.1, -0.05) is 96.1 Å². The third-order valence-corrected chi connectivity index (χ3v) is 8.67. The van der Waals surface area contributed by atoms with Crippen LogP contribution in [-0.2, 0) is 9.53 Å². The maximum atomic E-state index is 12.1. The number of hydrogen-bond donors (Lipinski definition) is 1. The zero-order chi connectivity index (χ0) is 29.8. The van der Waals surface area contributed by atoms with Crippen molar-refractivity contribution in [3.05, 3.63) is 95.6 Å². The van der Waals surface area contributed by atoms with Crippen molar-refractivity contribution in [3.63, 3.8) is 0 Å². The standard InChI is InChI=1S/C17H22O3.C10H14O.C10H14/c1-3-11(2)12-4-7-14(8-5-12)19-17(18)13-6-9-15-16(10-13)20-15;1-3-8(2)9-4-6-10(11)7-5-9;1-3-9(2)10-7-5-4-6-8-10/h4-5,7-8,11,13,15-16H,3,6,9-10H2,1-2H3;4-8,11H,3H2,1-2H3;4-9H,3H2,1-2H3. The second kappa shape index (κ2) is 16.4. The third-order valence-electron chi connectivity index (χ3n) is 8.67. The quantitative estimate of drug-likeness (QED) is 0.170. The molecule has 1 saturated heterocycles. The molecule has 41 heavy (non-hydrogen) atoms. The zero-order valence-electron chi connectivity index (χ0n) is 25.9. The molecule has 2 fully saturated rings. The Labute approximate surface area is 248 Å². The molecule has 1 aliphatic heterocycles. The van der Waals surface area contributed by atoms with Crippen LogP contribution in [0.15, 0.2) is 78.9 Å². The van der Waals surface area contributed by atoms with Crippen LogP contribution in [0.25, 0.3) is 0 Å². The van der Waals surface area contributed by atoms with E-state index < -0.39 is 0 Å². The second-order valence-electron chi connectivity index (χ2n) is 11.6. The number of benzene rings is 3. The Balaban J connectivity index is 0.000000187. The maximum absolute atomic E-state index is 12.1. The third kappa shape index (κ3) is 10.3. The van der Waals surface area contributed by atoms with Gasteiger partial charge in [-0.05, 0) is 97.2 Å². The summed E-state index contributed by atoms with van der Waals surface area (Å²) in [6.45, 7) is 13.2. The molecule has 4 nitrogen and oxygen atoms in total. The van der Waals surface area contributed by atoms with E-state index in [9.17, 15) is 4.79 Å². The first-order valence-electron chi connectivity index (χ1n) is 15.6. The Bertz CT molecular complexity index is 1160. The van der Waals surface area contributed by atoms with Crippen LogP contribution in [0.5, 0.6) is 11.5 Å². The van der Waals surface area contributed by atoms with E-state index in [-0.39, 0.29) is 11.9 Å². The van der Waals surface area contributed by atoms with Crippen molar-refractivity contribution in [2.75, 3.05) is 0 Å². The van der Waals surface area contributed by atoms with Crippen molar-refractivity contribution < 1.29 is 19.4 Å². The highest BCUT2D eigenvalue weighted by atomic mass is 16.6. The highest BCUT2D eigenvalue weighted by Gasteiger charge is 2.46. The Morgan fingerprint density at radius 3 is 1.71 bits per heavy atom. The lowest BCUT2D eigenvalue weighted by atomic mass is 9.89. The fourth-order valence-electron chi connectivity index (χ4n) is 4.97. The van der Waals surface area contributed by atoms with E-state index in [0.29, 0.717) is 41.5 Å². The molecular weight excluding hydrogens is 508 g/mol. The average molecular weight is 559 g/mol. The van der Waals surface area contributed by atoms with Crippen molar-refractivity contribution in [1.82, 2.24) is 0 Å². The first-order valence-corrected chi connectivity index (χ1v) is 15.6. The predicted molar refractivity (Wildman–Crippen MR) is 169 cm³/mol. The number of epoxide rings is 1. The van der Waals surface area contributed by atoms with Gasteiger partial charge in [0.25, 0.3) is 0 Å². The summed E-state index contributed by atoms with van der Waals surface area (Å²) in [6, 6.07) is 26.0. The minimum Gasteiger partial charge on any atom is -0.508 e. The number of phenols is 1. The van der Waals surface area contributed by atoms with Crippen molar-refractivity contribution >= 4 is 5.97 Å². The Hall–Kier alpha value is -3.11. The van der Waals surface area contributed by atoms with Gasteiger partial charge in [0, 0.05) is 0 Å². The number of esters is 1. The van der Waals surface area contributed by atoms with E-state index >= 15 is 0 Å². The smallest absolute Gasteiger partial charge is 0.314 e. The molecule has 6 unspecified atom stereocenters. The van der Waals surface area contributed by atoms with Crippen LogP contribution in [0.1, 0.15) is 115 Å². The molecule has 0 amide bonds. The summed E-state index contributed by atoms with van der Waals surface area (Å²) >= 11 is 0. The number of ether oxygens (including phenoxy) is 2. The van der Waals surface area contributed by atoms with Crippen LogP contribution >= 0.6 is 0 Å². The van der Waals surface area contributed by atoms with Gasteiger partial charge in [-0.2, -0.15) is 0 Å². The molecule has 222 valence electrons. The minimum atomic E-state index is -0.102. The molecule has 0 radical (unpaired) electrons. The van der Waals surface area contributed by atoms with Gasteiger partial charge in [-0.25, -0.2) is 0 Å². The molecule has 6 atom stereocenters. The fourth-order valence-corrected chi connectivity index (χ4v) is 4.97. The minimum absolute atomic E-state index is 0.00740. The van der Waals surface area contributed by atoms with E-state index in [1.165, 1.54) is 23.1 Å². The lowest BCUT2D eigenvalue weighted by Crippen LogP contribution is -2.25. The van der Waals surface area contributed by atoms with Crippen LogP contribution < -0.4 is 4.74 Å². The predicted octanol–water partition coefficient (Wildman–Crippen LogP) is 9.78. The van der Waals surface area contributed by atoms with Gasteiger partial charge in [0.05, 0.1) is 18.1 Å². The van der Waals surface area contributed by atoms with Crippen LogP contribution in [0, 0.1) is 5.92 Å². The van der Waals surface area contributed by atoms with Crippen LogP contribution in [0.2, 0.25) is 0 Å². The molecule has 4 heteroatoms. The number of carbonyl (C=O) groups is 1. The van der Waals surface area contributed by atoms with E-state index in [0.717, 1.165) is 32.1 Å². The summed E-state index contributed by atoms with van der Waals surface area (Å²) in [6.07, 6.45) is 6.94. The first kappa shape index (κ1) is 32.4. The van der Waals surface area contributed by atoms with Gasteiger partial charge in [0.2, 0.25) is 0 Å². The summed E-state index contributed by atoms with van der Waals surface area (Å²) in [5.74, 6) is 2.75. The summed E-state index contributed by atoms with van der Waals surface area (Å²) in [4.78, 5) is 12.1. The molecule has 0 bridgehead atoms. The first-order chi connectivity index (χ1) is 19.7. The van der Waals surface area contributed by atoms with E-state index in [4.69, 9.17) is 14.6 Å². The highest BCUT2D eigenvalue weighted by Crippen LogP contribution is 2.40. The van der Waals surface area contributed by atoms with Crippen molar-refractivity contribution in [2.24, 2.45) is 5.92 Å². The van der Waals surface area contributed by atoms with Crippen molar-refractivity contribution in [2.45, 2.75) is 110 Å². The number of rotatable bonds is 8. The molecule has 5 rings (SSSR count). The van der Waals surface area contributed by atoms with Crippen LogP contribution in [0.4, 0.5) is 0 Å². The summed E-state index contributed by atoms with van der Waals surface area (Å²) in [7, 11) is 0. The molecule has 3 aromatic rings. The molecule has 3 aromatic carbocycles.